The quantitative estimate of drug-likeness (QED) is 0.855. The van der Waals surface area contributed by atoms with Gasteiger partial charge in [-0.3, -0.25) is 0 Å². The predicted molar refractivity (Wildman–Crippen MR) is 102 cm³/mol. The van der Waals surface area contributed by atoms with Crippen LogP contribution in [0.25, 0.3) is 11.3 Å². The molecule has 1 N–H and O–H groups in total. The molecule has 3 aliphatic rings. The Kier molecular flexibility index (Phi) is 4.72. The minimum Gasteiger partial charge on any atom is -0.381 e. The van der Waals surface area contributed by atoms with Gasteiger partial charge in [0.2, 0.25) is 0 Å². The summed E-state index contributed by atoms with van der Waals surface area (Å²) in [6.45, 7) is 5.30. The molecule has 2 aliphatic heterocycles. The van der Waals surface area contributed by atoms with Crippen LogP contribution in [0.15, 0.2) is 30.3 Å². The number of ether oxygens (including phenoxy) is 1. The highest BCUT2D eigenvalue weighted by molar-refractivity contribution is 5.60. The standard InChI is InChI=1S/C21H24F2N4O/c22-14-1-2-15(18(23)9-14)19-3-4-20(26-25-19)24-21-16-11-27(12-17(16)21)10-13-5-7-28-8-6-13/h1-4,9,13,16-17,21H,5-8,10-12H2,(H,24,26)/t16-,17+,21+. The van der Waals surface area contributed by atoms with Gasteiger partial charge in [0, 0.05) is 50.5 Å². The molecule has 3 fully saturated rings. The van der Waals surface area contributed by atoms with Crippen LogP contribution < -0.4 is 5.32 Å². The van der Waals surface area contributed by atoms with Crippen molar-refractivity contribution in [3.8, 4) is 11.3 Å². The van der Waals surface area contributed by atoms with Crippen LogP contribution in [0.4, 0.5) is 14.6 Å². The molecule has 2 aromatic rings. The number of hydrogen-bond donors (Lipinski definition) is 1. The molecule has 148 valence electrons. The third kappa shape index (κ3) is 3.61. The zero-order chi connectivity index (χ0) is 19.1. The highest BCUT2D eigenvalue weighted by Gasteiger charge is 2.55. The van der Waals surface area contributed by atoms with Crippen LogP contribution >= 0.6 is 0 Å². The lowest BCUT2D eigenvalue weighted by molar-refractivity contribution is 0.0540. The lowest BCUT2D eigenvalue weighted by Crippen LogP contribution is -2.34. The van der Waals surface area contributed by atoms with Gasteiger partial charge in [-0.1, -0.05) is 0 Å². The van der Waals surface area contributed by atoms with Gasteiger partial charge in [-0.25, -0.2) is 8.78 Å². The van der Waals surface area contributed by atoms with E-state index in [1.165, 1.54) is 31.5 Å². The van der Waals surface area contributed by atoms with Gasteiger partial charge in [0.15, 0.2) is 0 Å². The fourth-order valence-corrected chi connectivity index (χ4v) is 4.69. The first-order valence-electron chi connectivity index (χ1n) is 10.0. The zero-order valence-corrected chi connectivity index (χ0v) is 15.7. The van der Waals surface area contributed by atoms with E-state index >= 15 is 0 Å². The smallest absolute Gasteiger partial charge is 0.148 e. The first-order valence-corrected chi connectivity index (χ1v) is 10.0. The molecule has 1 saturated carbocycles. The second kappa shape index (κ2) is 7.37. The van der Waals surface area contributed by atoms with Crippen LogP contribution in [0.3, 0.4) is 0 Å². The van der Waals surface area contributed by atoms with Crippen molar-refractivity contribution in [1.82, 2.24) is 15.1 Å². The van der Waals surface area contributed by atoms with Crippen LogP contribution in [0, 0.1) is 29.4 Å². The maximum Gasteiger partial charge on any atom is 0.148 e. The van der Waals surface area contributed by atoms with E-state index in [0.717, 1.165) is 38.3 Å². The summed E-state index contributed by atoms with van der Waals surface area (Å²) in [4.78, 5) is 2.59. The number of fused-ring (bicyclic) bond motifs is 1. The second-order valence-corrected chi connectivity index (χ2v) is 8.20. The number of rotatable bonds is 5. The fraction of sp³-hybridized carbons (Fsp3) is 0.524. The molecule has 1 aromatic heterocycles. The van der Waals surface area contributed by atoms with E-state index in [2.05, 4.69) is 20.4 Å². The van der Waals surface area contributed by atoms with Gasteiger partial charge in [-0.05, 0) is 54.9 Å². The maximum absolute atomic E-state index is 13.9. The molecule has 5 rings (SSSR count). The number of benzene rings is 1. The Hall–Kier alpha value is -2.12. The summed E-state index contributed by atoms with van der Waals surface area (Å²) in [5.41, 5.74) is 0.661. The largest absolute Gasteiger partial charge is 0.381 e. The zero-order valence-electron chi connectivity index (χ0n) is 15.7. The summed E-state index contributed by atoms with van der Waals surface area (Å²) in [6, 6.07) is 7.47. The summed E-state index contributed by atoms with van der Waals surface area (Å²) in [5, 5.41) is 11.8. The van der Waals surface area contributed by atoms with E-state index in [0.29, 0.717) is 29.4 Å². The Morgan fingerprint density at radius 1 is 1.04 bits per heavy atom. The van der Waals surface area contributed by atoms with Crippen molar-refractivity contribution in [2.75, 3.05) is 38.2 Å². The van der Waals surface area contributed by atoms with Crippen molar-refractivity contribution in [1.29, 1.82) is 0 Å². The number of hydrogen-bond acceptors (Lipinski definition) is 5. The van der Waals surface area contributed by atoms with E-state index in [1.807, 2.05) is 6.07 Å². The predicted octanol–water partition coefficient (Wildman–Crippen LogP) is 3.19. The molecule has 0 spiro atoms. The molecule has 2 saturated heterocycles. The summed E-state index contributed by atoms with van der Waals surface area (Å²) in [7, 11) is 0. The molecule has 1 aromatic carbocycles. The molecule has 0 unspecified atom stereocenters. The van der Waals surface area contributed by atoms with Crippen LogP contribution in [-0.4, -0.2) is 54.0 Å². The van der Waals surface area contributed by atoms with Gasteiger partial charge in [-0.2, -0.15) is 0 Å². The SMILES string of the molecule is Fc1ccc(-c2ccc(N[C@H]3[C@@H]4CN(CC5CCOCC5)C[C@@H]43)nn2)c(F)c1. The second-order valence-electron chi connectivity index (χ2n) is 8.20. The van der Waals surface area contributed by atoms with E-state index < -0.39 is 11.6 Å². The molecule has 28 heavy (non-hydrogen) atoms. The fourth-order valence-electron chi connectivity index (χ4n) is 4.69. The summed E-state index contributed by atoms with van der Waals surface area (Å²) < 4.78 is 32.4. The van der Waals surface area contributed by atoms with Crippen LogP contribution in [-0.2, 0) is 4.74 Å². The Bertz CT molecular complexity index is 829. The van der Waals surface area contributed by atoms with Crippen molar-refractivity contribution < 1.29 is 13.5 Å². The first kappa shape index (κ1) is 17.9. The molecule has 0 amide bonds. The Labute approximate surface area is 163 Å². The number of nitrogens with one attached hydrogen (secondary N) is 1. The highest BCUT2D eigenvalue weighted by Crippen LogP contribution is 2.47. The third-order valence-corrected chi connectivity index (χ3v) is 6.31. The van der Waals surface area contributed by atoms with Crippen molar-refractivity contribution in [3.63, 3.8) is 0 Å². The van der Waals surface area contributed by atoms with E-state index in [-0.39, 0.29) is 5.56 Å². The van der Waals surface area contributed by atoms with E-state index in [4.69, 9.17) is 4.74 Å². The van der Waals surface area contributed by atoms with Crippen molar-refractivity contribution in [3.05, 3.63) is 42.0 Å². The van der Waals surface area contributed by atoms with Gasteiger partial charge in [0.05, 0.1) is 5.69 Å². The maximum atomic E-state index is 13.9. The van der Waals surface area contributed by atoms with Crippen molar-refractivity contribution in [2.24, 2.45) is 17.8 Å². The van der Waals surface area contributed by atoms with Crippen LogP contribution in [0.2, 0.25) is 0 Å². The molecular weight excluding hydrogens is 362 g/mol. The summed E-state index contributed by atoms with van der Waals surface area (Å²) in [5.74, 6) is 1.62. The number of anilines is 1. The van der Waals surface area contributed by atoms with Gasteiger partial charge < -0.3 is 15.0 Å². The monoisotopic (exact) mass is 386 g/mol. The summed E-state index contributed by atoms with van der Waals surface area (Å²) >= 11 is 0. The van der Waals surface area contributed by atoms with Crippen molar-refractivity contribution in [2.45, 2.75) is 18.9 Å². The van der Waals surface area contributed by atoms with Gasteiger partial charge in [0.25, 0.3) is 0 Å². The number of likely N-dealkylation sites (tertiary alicyclic amines) is 1. The Morgan fingerprint density at radius 3 is 2.50 bits per heavy atom. The first-order chi connectivity index (χ1) is 13.7. The molecule has 3 atom stereocenters. The Balaban J connectivity index is 1.14. The number of halogens is 2. The van der Waals surface area contributed by atoms with Gasteiger partial charge >= 0.3 is 0 Å². The molecule has 0 bridgehead atoms. The molecule has 0 radical (unpaired) electrons. The molecular formula is C21H24F2N4O. The van der Waals surface area contributed by atoms with Crippen LogP contribution in [0.5, 0.6) is 0 Å². The normalized spacial score (nSPS) is 27.6. The minimum absolute atomic E-state index is 0.257. The molecule has 7 heteroatoms. The Morgan fingerprint density at radius 2 is 1.82 bits per heavy atom. The lowest BCUT2D eigenvalue weighted by Gasteiger charge is -2.28. The van der Waals surface area contributed by atoms with Gasteiger partial charge in [0.1, 0.15) is 17.5 Å². The topological polar surface area (TPSA) is 50.3 Å². The molecule has 1 aliphatic carbocycles. The van der Waals surface area contributed by atoms with Gasteiger partial charge in [-0.15, -0.1) is 10.2 Å². The lowest BCUT2D eigenvalue weighted by atomic mass is 10.00. The highest BCUT2D eigenvalue weighted by atomic mass is 19.1. The summed E-state index contributed by atoms with van der Waals surface area (Å²) in [6.07, 6.45) is 2.37. The average molecular weight is 386 g/mol. The average Bonchev–Trinajstić information content (AvgIpc) is 3.14. The number of piperidine rings is 1. The minimum atomic E-state index is -0.628. The molecule has 3 heterocycles. The van der Waals surface area contributed by atoms with E-state index in [9.17, 15) is 8.78 Å². The van der Waals surface area contributed by atoms with E-state index in [1.54, 1.807) is 6.07 Å². The van der Waals surface area contributed by atoms with Crippen molar-refractivity contribution >= 4 is 5.82 Å². The third-order valence-electron chi connectivity index (χ3n) is 6.31. The molecule has 5 nitrogen and oxygen atoms in total. The van der Waals surface area contributed by atoms with Crippen LogP contribution in [0.1, 0.15) is 12.8 Å². The number of aromatic nitrogens is 2. The number of nitrogens with zero attached hydrogens (tertiary/aromatic N) is 3.